The second kappa shape index (κ2) is 6.32. The molecule has 0 aliphatic heterocycles. The van der Waals surface area contributed by atoms with Crippen LogP contribution in [0, 0.1) is 0 Å². The molecule has 0 spiro atoms. The summed E-state index contributed by atoms with van der Waals surface area (Å²) in [6, 6.07) is 0. The first-order valence-corrected chi connectivity index (χ1v) is 8.33. The zero-order chi connectivity index (χ0) is 14.1. The number of phosphoric acid groups is 1. The number of hydrogen-bond acceptors (Lipinski definition) is 10. The van der Waals surface area contributed by atoms with Crippen molar-refractivity contribution in [1.82, 2.24) is 0 Å². The standard InChI is InChI=1S/C6H15O4PS6/c1-4(12,13)8-11(7,9-5(2,14)15)10-6(3,16)17/h12-17H,1-3H3. The summed E-state index contributed by atoms with van der Waals surface area (Å²) in [6.07, 6.45) is 0. The van der Waals surface area contributed by atoms with Crippen LogP contribution < -0.4 is 0 Å². The summed E-state index contributed by atoms with van der Waals surface area (Å²) in [7, 11) is -4.04. The molecule has 104 valence electrons. The number of rotatable bonds is 6. The van der Waals surface area contributed by atoms with E-state index in [0.29, 0.717) is 0 Å². The predicted molar refractivity (Wildman–Crippen MR) is 90.0 cm³/mol. The Morgan fingerprint density at radius 2 is 0.882 bits per heavy atom. The fraction of sp³-hybridized carbons (Fsp3) is 1.00. The average Bonchev–Trinajstić information content (AvgIpc) is 1.65. The normalized spacial score (nSPS) is 15.1. The zero-order valence-electron chi connectivity index (χ0n) is 9.26. The zero-order valence-corrected chi connectivity index (χ0v) is 15.5. The van der Waals surface area contributed by atoms with Crippen LogP contribution in [0.3, 0.4) is 0 Å². The molecule has 0 aromatic heterocycles. The van der Waals surface area contributed by atoms with Crippen LogP contribution in [-0.2, 0) is 18.1 Å². The molecule has 0 atom stereocenters. The first-order chi connectivity index (χ1) is 7.12. The van der Waals surface area contributed by atoms with Crippen molar-refractivity contribution in [2.24, 2.45) is 0 Å². The SMILES string of the molecule is CC(S)(S)OP(=O)(OC(C)(S)S)OC(C)(S)S. The Kier molecular flexibility index (Phi) is 7.14. The monoisotopic (exact) mass is 374 g/mol. The van der Waals surface area contributed by atoms with E-state index in [2.05, 4.69) is 75.8 Å². The van der Waals surface area contributed by atoms with Crippen molar-refractivity contribution >= 4 is 83.6 Å². The van der Waals surface area contributed by atoms with Crippen molar-refractivity contribution in [3.63, 3.8) is 0 Å². The van der Waals surface area contributed by atoms with E-state index in [0.717, 1.165) is 0 Å². The molecule has 0 unspecified atom stereocenters. The van der Waals surface area contributed by atoms with Gasteiger partial charge in [0.1, 0.15) is 0 Å². The van der Waals surface area contributed by atoms with Crippen LogP contribution in [-0.4, -0.2) is 12.8 Å². The lowest BCUT2D eigenvalue weighted by molar-refractivity contribution is 0.0817. The van der Waals surface area contributed by atoms with E-state index in [-0.39, 0.29) is 0 Å². The Balaban J connectivity index is 5.03. The smallest absolute Gasteiger partial charge is 0.260 e. The molecular weight excluding hydrogens is 359 g/mol. The van der Waals surface area contributed by atoms with E-state index in [4.69, 9.17) is 13.6 Å². The van der Waals surface area contributed by atoms with Crippen molar-refractivity contribution in [2.45, 2.75) is 33.6 Å². The summed E-state index contributed by atoms with van der Waals surface area (Å²) in [5, 5.41) is 0. The molecule has 0 heterocycles. The summed E-state index contributed by atoms with van der Waals surface area (Å²) < 4.78 is 23.3. The van der Waals surface area contributed by atoms with Gasteiger partial charge in [-0.25, -0.2) is 4.57 Å². The molecule has 0 aromatic carbocycles. The van der Waals surface area contributed by atoms with Crippen molar-refractivity contribution < 1.29 is 18.1 Å². The Morgan fingerprint density at radius 1 is 0.706 bits per heavy atom. The minimum Gasteiger partial charge on any atom is -0.260 e. The molecule has 0 aliphatic carbocycles. The lowest BCUT2D eigenvalue weighted by atomic mass is 10.9. The minimum atomic E-state index is -4.04. The van der Waals surface area contributed by atoms with E-state index in [1.807, 2.05) is 0 Å². The maximum absolute atomic E-state index is 12.3. The Morgan fingerprint density at radius 3 is 1.00 bits per heavy atom. The third-order valence-corrected chi connectivity index (χ3v) is 4.03. The average molecular weight is 375 g/mol. The summed E-state index contributed by atoms with van der Waals surface area (Å²) in [5.41, 5.74) is 0. The molecule has 4 nitrogen and oxygen atoms in total. The van der Waals surface area contributed by atoms with E-state index < -0.39 is 20.6 Å². The van der Waals surface area contributed by atoms with E-state index in [1.54, 1.807) is 0 Å². The van der Waals surface area contributed by atoms with Gasteiger partial charge in [0.2, 0.25) is 0 Å². The topological polar surface area (TPSA) is 44.8 Å². The second-order valence-corrected chi connectivity index (χ2v) is 11.1. The first kappa shape index (κ1) is 19.2. The number of thiol groups is 6. The van der Waals surface area contributed by atoms with Crippen LogP contribution in [0.25, 0.3) is 0 Å². The van der Waals surface area contributed by atoms with Gasteiger partial charge in [0.05, 0.1) is 0 Å². The summed E-state index contributed by atoms with van der Waals surface area (Å²) >= 11 is 23.7. The lowest BCUT2D eigenvalue weighted by Gasteiger charge is -2.31. The fourth-order valence-electron chi connectivity index (χ4n) is 0.691. The molecule has 0 radical (unpaired) electrons. The van der Waals surface area contributed by atoms with Gasteiger partial charge in [-0.2, -0.15) is 0 Å². The molecule has 0 saturated carbocycles. The maximum atomic E-state index is 12.3. The summed E-state index contributed by atoms with van der Waals surface area (Å²) in [4.78, 5) is 0. The van der Waals surface area contributed by atoms with Gasteiger partial charge >= 0.3 is 7.82 Å². The van der Waals surface area contributed by atoms with Crippen molar-refractivity contribution in [2.75, 3.05) is 0 Å². The highest BCUT2D eigenvalue weighted by Gasteiger charge is 2.42. The molecule has 0 aliphatic rings. The lowest BCUT2D eigenvalue weighted by Crippen LogP contribution is -2.22. The van der Waals surface area contributed by atoms with E-state index in [1.165, 1.54) is 20.8 Å². The largest absolute Gasteiger partial charge is 0.480 e. The van der Waals surface area contributed by atoms with E-state index >= 15 is 0 Å². The van der Waals surface area contributed by atoms with Gasteiger partial charge in [-0.3, -0.25) is 13.6 Å². The van der Waals surface area contributed by atoms with Crippen LogP contribution in [0.1, 0.15) is 20.8 Å². The van der Waals surface area contributed by atoms with Crippen molar-refractivity contribution in [3.8, 4) is 0 Å². The van der Waals surface area contributed by atoms with Crippen LogP contribution in [0.5, 0.6) is 0 Å². The third-order valence-electron chi connectivity index (χ3n) is 0.854. The Hall–Kier alpha value is 2.21. The van der Waals surface area contributed by atoms with Gasteiger partial charge in [-0.15, -0.1) is 75.8 Å². The van der Waals surface area contributed by atoms with E-state index in [9.17, 15) is 4.57 Å². The highest BCUT2D eigenvalue weighted by Crippen LogP contribution is 2.61. The van der Waals surface area contributed by atoms with Gasteiger partial charge in [-0.05, 0) is 20.8 Å². The van der Waals surface area contributed by atoms with Crippen LogP contribution in [0.15, 0.2) is 0 Å². The number of phosphoric ester groups is 1. The minimum absolute atomic E-state index is 1.34. The second-order valence-electron chi connectivity index (χ2n) is 3.52. The van der Waals surface area contributed by atoms with Gasteiger partial charge in [0.15, 0.2) is 12.8 Å². The van der Waals surface area contributed by atoms with Crippen LogP contribution in [0.2, 0.25) is 0 Å². The Bertz CT molecular complexity index is 256. The summed E-state index contributed by atoms with van der Waals surface area (Å²) in [5.74, 6) is 0. The first-order valence-electron chi connectivity index (χ1n) is 4.18. The molecule has 17 heavy (non-hydrogen) atoms. The quantitative estimate of drug-likeness (QED) is 0.244. The molecule has 0 N–H and O–H groups in total. The predicted octanol–water partition coefficient (Wildman–Crippen LogP) is 3.74. The van der Waals surface area contributed by atoms with Crippen LogP contribution in [0.4, 0.5) is 0 Å². The third kappa shape index (κ3) is 11.7. The maximum Gasteiger partial charge on any atom is 0.480 e. The van der Waals surface area contributed by atoms with Gasteiger partial charge in [-0.1, -0.05) is 0 Å². The molecule has 0 rings (SSSR count). The highest BCUT2D eigenvalue weighted by atomic mass is 32.2. The molecule has 11 heteroatoms. The van der Waals surface area contributed by atoms with Crippen molar-refractivity contribution in [1.29, 1.82) is 0 Å². The fourth-order valence-corrected chi connectivity index (χ4v) is 3.87. The number of hydrogen-bond donors (Lipinski definition) is 6. The highest BCUT2D eigenvalue weighted by molar-refractivity contribution is 8.01. The van der Waals surface area contributed by atoms with Gasteiger partial charge < -0.3 is 0 Å². The van der Waals surface area contributed by atoms with Gasteiger partial charge in [0.25, 0.3) is 0 Å². The molecule has 0 bridgehead atoms. The summed E-state index contributed by atoms with van der Waals surface area (Å²) in [6.45, 7) is 4.34. The molecule has 0 fully saturated rings. The molecular formula is C6H15O4PS6. The van der Waals surface area contributed by atoms with Crippen LogP contribution >= 0.6 is 83.6 Å². The Labute approximate surface area is 134 Å². The molecule has 0 aromatic rings. The molecule has 0 amide bonds. The van der Waals surface area contributed by atoms with Crippen molar-refractivity contribution in [3.05, 3.63) is 0 Å². The van der Waals surface area contributed by atoms with Gasteiger partial charge in [0, 0.05) is 0 Å². The molecule has 0 saturated heterocycles.